The lowest BCUT2D eigenvalue weighted by atomic mass is 9.80. The number of pyridine rings is 1. The van der Waals surface area contributed by atoms with Crippen molar-refractivity contribution in [3.8, 4) is 5.69 Å². The summed E-state index contributed by atoms with van der Waals surface area (Å²) in [6.45, 7) is 3.59. The average Bonchev–Trinajstić information content (AvgIpc) is 3.04. The van der Waals surface area contributed by atoms with Crippen LogP contribution in [0.1, 0.15) is 66.1 Å². The van der Waals surface area contributed by atoms with Gasteiger partial charge in [-0.1, -0.05) is 17.7 Å². The molecule has 1 aromatic carbocycles. The molecule has 0 spiro atoms. The number of aromatic nitrogens is 4. The molecule has 3 aromatic rings. The van der Waals surface area contributed by atoms with Crippen molar-refractivity contribution in [2.75, 3.05) is 0 Å². The van der Waals surface area contributed by atoms with Gasteiger partial charge in [-0.25, -0.2) is 0 Å². The van der Waals surface area contributed by atoms with E-state index in [0.29, 0.717) is 11.8 Å². The molecule has 144 valence electrons. The summed E-state index contributed by atoms with van der Waals surface area (Å²) in [4.78, 5) is 4.75. The van der Waals surface area contributed by atoms with E-state index < -0.39 is 0 Å². The second-order valence-corrected chi connectivity index (χ2v) is 8.38. The lowest BCUT2D eigenvalue weighted by Crippen LogP contribution is -2.17. The zero-order valence-electron chi connectivity index (χ0n) is 16.0. The van der Waals surface area contributed by atoms with E-state index in [4.69, 9.17) is 16.6 Å². The van der Waals surface area contributed by atoms with Crippen molar-refractivity contribution in [3.63, 3.8) is 0 Å². The van der Waals surface area contributed by atoms with E-state index in [1.807, 2.05) is 12.1 Å². The maximum absolute atomic E-state index is 6.23. The molecule has 1 fully saturated rings. The van der Waals surface area contributed by atoms with Gasteiger partial charge in [-0.15, -0.1) is 10.2 Å². The molecule has 2 aliphatic rings. The van der Waals surface area contributed by atoms with Gasteiger partial charge in [0, 0.05) is 34.8 Å². The summed E-state index contributed by atoms with van der Waals surface area (Å²) in [5.74, 6) is 3.07. The molecule has 6 heteroatoms. The standard InChI is InChI=1S/C22H24ClN5/c1-14-3-2-4-19(25-14)15-5-7-16(8-6-15)22-27-26-21-13-24-12-17-11-18(23)9-10-20(17)28(21)22/h2-4,9-11,15-16,24H,5-8,12-13H2,1H3. The number of hydrogen-bond acceptors (Lipinski definition) is 4. The van der Waals surface area contributed by atoms with Crippen LogP contribution in [0.5, 0.6) is 0 Å². The van der Waals surface area contributed by atoms with Gasteiger partial charge in [0.2, 0.25) is 0 Å². The summed E-state index contributed by atoms with van der Waals surface area (Å²) in [6, 6.07) is 12.5. The third-order valence-corrected chi connectivity index (χ3v) is 6.29. The lowest BCUT2D eigenvalue weighted by molar-refractivity contribution is 0.377. The molecule has 1 N–H and O–H groups in total. The first-order chi connectivity index (χ1) is 13.7. The number of rotatable bonds is 2. The first-order valence-electron chi connectivity index (χ1n) is 10.1. The van der Waals surface area contributed by atoms with Gasteiger partial charge in [0.1, 0.15) is 5.82 Å². The first kappa shape index (κ1) is 17.8. The van der Waals surface area contributed by atoms with E-state index in [2.05, 4.69) is 51.3 Å². The highest BCUT2D eigenvalue weighted by molar-refractivity contribution is 6.30. The third kappa shape index (κ3) is 3.23. The van der Waals surface area contributed by atoms with Crippen LogP contribution >= 0.6 is 11.6 Å². The fraction of sp³-hybridized carbons (Fsp3) is 0.409. The molecule has 1 aliphatic carbocycles. The molecule has 0 unspecified atom stereocenters. The van der Waals surface area contributed by atoms with Crippen molar-refractivity contribution in [2.24, 2.45) is 0 Å². The Kier molecular flexibility index (Phi) is 4.65. The van der Waals surface area contributed by atoms with Crippen LogP contribution in [0, 0.1) is 6.92 Å². The van der Waals surface area contributed by atoms with E-state index in [1.54, 1.807) is 0 Å². The Bertz CT molecular complexity index is 1000. The fourth-order valence-electron chi connectivity index (χ4n) is 4.63. The fourth-order valence-corrected chi connectivity index (χ4v) is 4.83. The monoisotopic (exact) mass is 393 g/mol. The van der Waals surface area contributed by atoms with Gasteiger partial charge >= 0.3 is 0 Å². The van der Waals surface area contributed by atoms with Crippen LogP contribution in [0.2, 0.25) is 5.02 Å². The van der Waals surface area contributed by atoms with Crippen LogP contribution in [-0.4, -0.2) is 19.7 Å². The van der Waals surface area contributed by atoms with Gasteiger partial charge < -0.3 is 5.32 Å². The molecular formula is C22H24ClN5. The summed E-state index contributed by atoms with van der Waals surface area (Å²) in [6.07, 6.45) is 4.54. The Morgan fingerprint density at radius 3 is 2.64 bits per heavy atom. The zero-order chi connectivity index (χ0) is 19.1. The van der Waals surface area contributed by atoms with Gasteiger partial charge in [-0.3, -0.25) is 9.55 Å². The molecule has 1 aliphatic heterocycles. The smallest absolute Gasteiger partial charge is 0.151 e. The average molecular weight is 394 g/mol. The molecular weight excluding hydrogens is 370 g/mol. The molecule has 3 heterocycles. The van der Waals surface area contributed by atoms with Crippen molar-refractivity contribution >= 4 is 11.6 Å². The Morgan fingerprint density at radius 1 is 1.00 bits per heavy atom. The minimum Gasteiger partial charge on any atom is -0.306 e. The minimum atomic E-state index is 0.434. The van der Waals surface area contributed by atoms with Gasteiger partial charge in [0.15, 0.2) is 5.82 Å². The number of benzene rings is 1. The minimum absolute atomic E-state index is 0.434. The van der Waals surface area contributed by atoms with Crippen molar-refractivity contribution in [1.82, 2.24) is 25.1 Å². The van der Waals surface area contributed by atoms with Crippen molar-refractivity contribution in [3.05, 3.63) is 70.0 Å². The van der Waals surface area contributed by atoms with Gasteiger partial charge in [-0.2, -0.15) is 0 Å². The highest BCUT2D eigenvalue weighted by Crippen LogP contribution is 2.40. The van der Waals surface area contributed by atoms with E-state index in [9.17, 15) is 0 Å². The Labute approximate surface area is 170 Å². The molecule has 0 atom stereocenters. The van der Waals surface area contributed by atoms with Crippen molar-refractivity contribution < 1.29 is 0 Å². The largest absolute Gasteiger partial charge is 0.306 e. The number of nitrogens with one attached hydrogen (secondary N) is 1. The normalized spacial score (nSPS) is 21.6. The second kappa shape index (κ2) is 7.30. The Balaban J connectivity index is 1.42. The topological polar surface area (TPSA) is 55.6 Å². The summed E-state index contributed by atoms with van der Waals surface area (Å²) in [5.41, 5.74) is 4.70. The highest BCUT2D eigenvalue weighted by Gasteiger charge is 2.30. The molecule has 0 bridgehead atoms. The van der Waals surface area contributed by atoms with Gasteiger partial charge in [0.05, 0.1) is 12.2 Å². The molecule has 2 aromatic heterocycles. The predicted octanol–water partition coefficient (Wildman–Crippen LogP) is 4.67. The Hall–Kier alpha value is -2.24. The maximum Gasteiger partial charge on any atom is 0.151 e. The number of aryl methyl sites for hydroxylation is 1. The quantitative estimate of drug-likeness (QED) is 0.687. The van der Waals surface area contributed by atoms with Crippen LogP contribution in [-0.2, 0) is 13.1 Å². The third-order valence-electron chi connectivity index (χ3n) is 6.06. The van der Waals surface area contributed by atoms with Gasteiger partial charge in [0.25, 0.3) is 0 Å². The van der Waals surface area contributed by atoms with Crippen molar-refractivity contribution in [1.29, 1.82) is 0 Å². The zero-order valence-corrected chi connectivity index (χ0v) is 16.8. The molecule has 0 radical (unpaired) electrons. The van der Waals surface area contributed by atoms with Crippen LogP contribution in [0.15, 0.2) is 36.4 Å². The van der Waals surface area contributed by atoms with Crippen LogP contribution in [0.3, 0.4) is 0 Å². The number of halogens is 1. The second-order valence-electron chi connectivity index (χ2n) is 7.94. The van der Waals surface area contributed by atoms with Crippen LogP contribution in [0.25, 0.3) is 5.69 Å². The summed E-state index contributed by atoms with van der Waals surface area (Å²) < 4.78 is 2.27. The molecule has 1 saturated carbocycles. The SMILES string of the molecule is Cc1cccc(C2CCC(c3nnc4n3-c3ccc(Cl)cc3CNC4)CC2)n1. The van der Waals surface area contributed by atoms with Gasteiger partial charge in [-0.05, 0) is 68.5 Å². The van der Waals surface area contributed by atoms with E-state index in [0.717, 1.165) is 66.8 Å². The molecule has 5 nitrogen and oxygen atoms in total. The predicted molar refractivity (Wildman–Crippen MR) is 110 cm³/mol. The number of nitrogens with zero attached hydrogens (tertiary/aromatic N) is 4. The number of fused-ring (bicyclic) bond motifs is 3. The number of hydrogen-bond donors (Lipinski definition) is 1. The summed E-state index contributed by atoms with van der Waals surface area (Å²) in [7, 11) is 0. The Morgan fingerprint density at radius 2 is 1.82 bits per heavy atom. The lowest BCUT2D eigenvalue weighted by Gasteiger charge is -2.28. The molecule has 0 saturated heterocycles. The summed E-state index contributed by atoms with van der Waals surface area (Å²) in [5, 5.41) is 13.3. The molecule has 0 amide bonds. The molecule has 5 rings (SSSR count). The van der Waals surface area contributed by atoms with Crippen LogP contribution < -0.4 is 5.32 Å². The highest BCUT2D eigenvalue weighted by atomic mass is 35.5. The van der Waals surface area contributed by atoms with E-state index >= 15 is 0 Å². The maximum atomic E-state index is 6.23. The first-order valence-corrected chi connectivity index (χ1v) is 10.4. The summed E-state index contributed by atoms with van der Waals surface area (Å²) >= 11 is 6.23. The van der Waals surface area contributed by atoms with Crippen molar-refractivity contribution in [2.45, 2.75) is 57.5 Å². The van der Waals surface area contributed by atoms with E-state index in [1.165, 1.54) is 11.3 Å². The van der Waals surface area contributed by atoms with Crippen LogP contribution in [0.4, 0.5) is 0 Å². The van der Waals surface area contributed by atoms with E-state index in [-0.39, 0.29) is 0 Å². The molecule has 28 heavy (non-hydrogen) atoms.